The number of rotatable bonds is 7. The normalized spacial score (nSPS) is 16.6. The highest BCUT2D eigenvalue weighted by Crippen LogP contribution is 2.32. The summed E-state index contributed by atoms with van der Waals surface area (Å²) in [5.41, 5.74) is 1.53. The third-order valence-electron chi connectivity index (χ3n) is 4.29. The third-order valence-corrected chi connectivity index (χ3v) is 5.80. The highest BCUT2D eigenvalue weighted by molar-refractivity contribution is 7.92. The van der Waals surface area contributed by atoms with E-state index in [-0.39, 0.29) is 11.2 Å². The Morgan fingerprint density at radius 3 is 2.43 bits per heavy atom. The van der Waals surface area contributed by atoms with Gasteiger partial charge >= 0.3 is 0 Å². The van der Waals surface area contributed by atoms with Crippen molar-refractivity contribution in [3.8, 4) is 0 Å². The van der Waals surface area contributed by atoms with Crippen LogP contribution in [0.5, 0.6) is 0 Å². The Hall–Kier alpha value is -1.37. The molecule has 0 spiro atoms. The van der Waals surface area contributed by atoms with Crippen molar-refractivity contribution in [2.75, 3.05) is 5.75 Å². The Morgan fingerprint density at radius 1 is 1.30 bits per heavy atom. The van der Waals surface area contributed by atoms with E-state index in [0.29, 0.717) is 24.1 Å². The minimum Gasteiger partial charge on any atom is -0.352 e. The van der Waals surface area contributed by atoms with E-state index in [4.69, 9.17) is 0 Å². The molecule has 1 saturated carbocycles. The van der Waals surface area contributed by atoms with Crippen LogP contribution in [0.2, 0.25) is 0 Å². The Labute approximate surface area is 138 Å². The lowest BCUT2D eigenvalue weighted by Crippen LogP contribution is -2.38. The Balaban J connectivity index is 2.18. The molecule has 1 aromatic rings. The summed E-state index contributed by atoms with van der Waals surface area (Å²) in [6.07, 6.45) is 2.21. The summed E-state index contributed by atoms with van der Waals surface area (Å²) in [6, 6.07) is 0.0385. The van der Waals surface area contributed by atoms with Gasteiger partial charge in [0, 0.05) is 18.3 Å². The SMILES string of the molecule is Cc1nc(S(=O)(=O)CC(=O)N[C@H](C)C2CC2)n(CC(C)C)c1C. The molecular weight excluding hydrogens is 314 g/mol. The van der Waals surface area contributed by atoms with Crippen molar-refractivity contribution in [3.63, 3.8) is 0 Å². The number of nitrogens with one attached hydrogen (secondary N) is 1. The molecule has 0 unspecified atom stereocenters. The van der Waals surface area contributed by atoms with Gasteiger partial charge in [-0.25, -0.2) is 13.4 Å². The summed E-state index contributed by atoms with van der Waals surface area (Å²) >= 11 is 0. The van der Waals surface area contributed by atoms with Gasteiger partial charge in [-0.3, -0.25) is 4.79 Å². The van der Waals surface area contributed by atoms with Crippen molar-refractivity contribution < 1.29 is 13.2 Å². The smallest absolute Gasteiger partial charge is 0.235 e. The molecule has 2 rings (SSSR count). The fourth-order valence-electron chi connectivity index (χ4n) is 2.69. The lowest BCUT2D eigenvalue weighted by atomic mass is 10.2. The molecule has 1 aliphatic carbocycles. The van der Waals surface area contributed by atoms with Crippen LogP contribution in [-0.4, -0.2) is 35.7 Å². The van der Waals surface area contributed by atoms with Gasteiger partial charge in [-0.1, -0.05) is 13.8 Å². The van der Waals surface area contributed by atoms with Gasteiger partial charge < -0.3 is 9.88 Å². The average Bonchev–Trinajstić information content (AvgIpc) is 3.20. The van der Waals surface area contributed by atoms with Crippen LogP contribution in [0.1, 0.15) is 45.0 Å². The molecule has 7 heteroatoms. The van der Waals surface area contributed by atoms with E-state index in [1.807, 2.05) is 27.7 Å². The molecule has 0 saturated heterocycles. The van der Waals surface area contributed by atoms with E-state index in [1.165, 1.54) is 0 Å². The first-order valence-corrected chi connectivity index (χ1v) is 9.83. The molecule has 1 atom stereocenters. The monoisotopic (exact) mass is 341 g/mol. The molecular formula is C16H27N3O3S. The lowest BCUT2D eigenvalue weighted by Gasteiger charge is -2.14. The molecule has 1 heterocycles. The number of amides is 1. The number of imidazole rings is 1. The fraction of sp³-hybridized carbons (Fsp3) is 0.750. The van der Waals surface area contributed by atoms with Crippen LogP contribution in [0, 0.1) is 25.7 Å². The van der Waals surface area contributed by atoms with Crippen molar-refractivity contribution in [1.29, 1.82) is 0 Å². The summed E-state index contributed by atoms with van der Waals surface area (Å²) < 4.78 is 27.0. The van der Waals surface area contributed by atoms with Crippen molar-refractivity contribution in [3.05, 3.63) is 11.4 Å². The third kappa shape index (κ3) is 4.34. The lowest BCUT2D eigenvalue weighted by molar-refractivity contribution is -0.119. The number of carbonyl (C=O) groups is 1. The molecule has 1 amide bonds. The van der Waals surface area contributed by atoms with Crippen LogP contribution in [-0.2, 0) is 21.2 Å². The second-order valence-electron chi connectivity index (χ2n) is 7.02. The zero-order valence-electron chi connectivity index (χ0n) is 14.6. The van der Waals surface area contributed by atoms with Gasteiger partial charge in [0.05, 0.1) is 5.69 Å². The molecule has 1 N–H and O–H groups in total. The average molecular weight is 341 g/mol. The van der Waals surface area contributed by atoms with Crippen LogP contribution in [0.25, 0.3) is 0 Å². The van der Waals surface area contributed by atoms with Crippen molar-refractivity contribution >= 4 is 15.7 Å². The van der Waals surface area contributed by atoms with Gasteiger partial charge in [0.1, 0.15) is 5.75 Å². The van der Waals surface area contributed by atoms with Gasteiger partial charge in [0.25, 0.3) is 0 Å². The second kappa shape index (κ2) is 6.63. The van der Waals surface area contributed by atoms with Crippen LogP contribution in [0.3, 0.4) is 0 Å². The molecule has 6 nitrogen and oxygen atoms in total. The summed E-state index contributed by atoms with van der Waals surface area (Å²) in [6.45, 7) is 10.2. The number of sulfone groups is 1. The molecule has 0 aliphatic heterocycles. The Kier molecular flexibility index (Phi) is 5.18. The molecule has 1 aliphatic rings. The number of hydrogen-bond acceptors (Lipinski definition) is 4. The summed E-state index contributed by atoms with van der Waals surface area (Å²) in [7, 11) is -3.75. The minimum atomic E-state index is -3.75. The predicted molar refractivity (Wildman–Crippen MR) is 88.9 cm³/mol. The standard InChI is InChI=1S/C16H27N3O3S/c1-10(2)8-19-13(5)11(3)18-16(19)23(21,22)9-15(20)17-12(4)14-6-7-14/h10,12,14H,6-9H2,1-5H3,(H,17,20)/t12-/m1/s1. The van der Waals surface area contributed by atoms with Gasteiger partial charge in [0.15, 0.2) is 0 Å². The summed E-state index contributed by atoms with van der Waals surface area (Å²) in [5.74, 6) is -0.203. The van der Waals surface area contributed by atoms with E-state index in [0.717, 1.165) is 18.5 Å². The maximum Gasteiger partial charge on any atom is 0.235 e. The van der Waals surface area contributed by atoms with Gasteiger partial charge in [0.2, 0.25) is 20.9 Å². The van der Waals surface area contributed by atoms with Crippen LogP contribution < -0.4 is 5.32 Å². The number of nitrogens with zero attached hydrogens (tertiary/aromatic N) is 2. The van der Waals surface area contributed by atoms with E-state index >= 15 is 0 Å². The fourth-order valence-corrected chi connectivity index (χ4v) is 4.07. The minimum absolute atomic E-state index is 0.00965. The number of aryl methyl sites for hydroxylation is 1. The maximum absolute atomic E-state index is 12.6. The van der Waals surface area contributed by atoms with Crippen molar-refractivity contribution in [1.82, 2.24) is 14.9 Å². The van der Waals surface area contributed by atoms with Crippen LogP contribution in [0.15, 0.2) is 5.16 Å². The molecule has 0 bridgehead atoms. The molecule has 23 heavy (non-hydrogen) atoms. The zero-order chi connectivity index (χ0) is 17.4. The predicted octanol–water partition coefficient (Wildman–Crippen LogP) is 1.84. The first-order chi connectivity index (χ1) is 10.6. The highest BCUT2D eigenvalue weighted by Gasteiger charge is 2.31. The van der Waals surface area contributed by atoms with E-state index in [2.05, 4.69) is 10.3 Å². The quantitative estimate of drug-likeness (QED) is 0.820. The van der Waals surface area contributed by atoms with Gasteiger partial charge in [-0.05, 0) is 45.4 Å². The van der Waals surface area contributed by atoms with Crippen molar-refractivity contribution in [2.45, 2.75) is 65.2 Å². The van der Waals surface area contributed by atoms with Gasteiger partial charge in [-0.15, -0.1) is 0 Å². The van der Waals surface area contributed by atoms with E-state index in [9.17, 15) is 13.2 Å². The number of aromatic nitrogens is 2. The largest absolute Gasteiger partial charge is 0.352 e. The first kappa shape index (κ1) is 18.0. The molecule has 1 aromatic heterocycles. The van der Waals surface area contributed by atoms with Crippen LogP contribution in [0.4, 0.5) is 0 Å². The topological polar surface area (TPSA) is 81.1 Å². The first-order valence-electron chi connectivity index (χ1n) is 8.17. The van der Waals surface area contributed by atoms with E-state index < -0.39 is 21.5 Å². The second-order valence-corrected chi connectivity index (χ2v) is 8.91. The summed E-state index contributed by atoms with van der Waals surface area (Å²) in [4.78, 5) is 16.3. The van der Waals surface area contributed by atoms with Crippen LogP contribution >= 0.6 is 0 Å². The van der Waals surface area contributed by atoms with Crippen molar-refractivity contribution in [2.24, 2.45) is 11.8 Å². The van der Waals surface area contributed by atoms with Gasteiger partial charge in [-0.2, -0.15) is 0 Å². The molecule has 130 valence electrons. The number of carbonyl (C=O) groups excluding carboxylic acids is 1. The Morgan fingerprint density at radius 2 is 1.91 bits per heavy atom. The molecule has 1 fully saturated rings. The van der Waals surface area contributed by atoms with E-state index in [1.54, 1.807) is 11.5 Å². The number of hydrogen-bond donors (Lipinski definition) is 1. The zero-order valence-corrected chi connectivity index (χ0v) is 15.4. The highest BCUT2D eigenvalue weighted by atomic mass is 32.2. The maximum atomic E-state index is 12.6. The molecule has 0 aromatic carbocycles. The molecule has 0 radical (unpaired) electrons. The summed E-state index contributed by atoms with van der Waals surface area (Å²) in [5, 5.41) is 2.80. The Bertz CT molecular complexity index is 688.